The van der Waals surface area contributed by atoms with Gasteiger partial charge in [0.1, 0.15) is 0 Å². The number of nitrogens with one attached hydrogen (secondary N) is 1. The van der Waals surface area contributed by atoms with Crippen molar-refractivity contribution in [2.24, 2.45) is 10.2 Å². The van der Waals surface area contributed by atoms with Crippen molar-refractivity contribution in [2.75, 3.05) is 5.32 Å². The van der Waals surface area contributed by atoms with Crippen molar-refractivity contribution in [1.29, 1.82) is 0 Å². The second-order valence-corrected chi connectivity index (χ2v) is 6.15. The van der Waals surface area contributed by atoms with Crippen molar-refractivity contribution in [3.63, 3.8) is 0 Å². The van der Waals surface area contributed by atoms with Gasteiger partial charge in [-0.15, -0.1) is 0 Å². The fourth-order valence-electron chi connectivity index (χ4n) is 2.61. The number of carbonyl (C=O) groups is 1. The Bertz CT molecular complexity index is 859. The van der Waals surface area contributed by atoms with E-state index in [1.165, 1.54) is 5.56 Å². The van der Waals surface area contributed by atoms with Gasteiger partial charge in [0.05, 0.1) is 11.4 Å². The second-order valence-electron chi connectivity index (χ2n) is 6.15. The highest BCUT2D eigenvalue weighted by Crippen LogP contribution is 2.22. The van der Waals surface area contributed by atoms with Gasteiger partial charge in [-0.1, -0.05) is 55.5 Å². The van der Waals surface area contributed by atoms with Crippen LogP contribution < -0.4 is 5.32 Å². The van der Waals surface area contributed by atoms with Crippen LogP contribution in [0.25, 0.3) is 0 Å². The predicted octanol–water partition coefficient (Wildman–Crippen LogP) is 6.23. The summed E-state index contributed by atoms with van der Waals surface area (Å²) in [6.45, 7) is 2.06. The third-order valence-corrected chi connectivity index (χ3v) is 4.05. The van der Waals surface area contributed by atoms with Crippen LogP contribution in [0.15, 0.2) is 95.2 Å². The molecule has 0 unspecified atom stereocenters. The van der Waals surface area contributed by atoms with E-state index in [1.54, 1.807) is 0 Å². The summed E-state index contributed by atoms with van der Waals surface area (Å²) in [4.78, 5) is 12.2. The zero-order valence-corrected chi connectivity index (χ0v) is 14.7. The summed E-state index contributed by atoms with van der Waals surface area (Å²) in [7, 11) is 0. The lowest BCUT2D eigenvalue weighted by molar-refractivity contribution is -0.116. The summed E-state index contributed by atoms with van der Waals surface area (Å²) in [5.74, 6) is 0.176. The molecular formula is C22H21N3O. The molecule has 3 aromatic rings. The van der Waals surface area contributed by atoms with Crippen molar-refractivity contribution >= 4 is 23.0 Å². The Kier molecular flexibility index (Phi) is 5.88. The molecule has 0 aromatic heterocycles. The van der Waals surface area contributed by atoms with Crippen LogP contribution in [0.3, 0.4) is 0 Å². The van der Waals surface area contributed by atoms with Crippen LogP contribution in [0.5, 0.6) is 0 Å². The van der Waals surface area contributed by atoms with Gasteiger partial charge in [0, 0.05) is 12.1 Å². The SMILES string of the molecule is C[C@@H](CC(=O)Nc1ccc(N=Nc2ccccc2)cc1)c1ccccc1. The van der Waals surface area contributed by atoms with Gasteiger partial charge in [-0.05, 0) is 47.9 Å². The summed E-state index contributed by atoms with van der Waals surface area (Å²) in [5, 5.41) is 11.3. The molecule has 1 amide bonds. The lowest BCUT2D eigenvalue weighted by Crippen LogP contribution is -2.14. The number of azo groups is 1. The first-order valence-corrected chi connectivity index (χ1v) is 8.62. The molecule has 1 N–H and O–H groups in total. The summed E-state index contributed by atoms with van der Waals surface area (Å²) in [6.07, 6.45) is 0.444. The Hall–Kier alpha value is -3.27. The van der Waals surface area contributed by atoms with Crippen LogP contribution in [-0.4, -0.2) is 5.91 Å². The van der Waals surface area contributed by atoms with Gasteiger partial charge in [-0.25, -0.2) is 0 Å². The first kappa shape index (κ1) is 17.5. The van der Waals surface area contributed by atoms with Crippen LogP contribution in [0.4, 0.5) is 17.1 Å². The lowest BCUT2D eigenvalue weighted by atomic mass is 9.97. The minimum absolute atomic E-state index is 0.0000138. The van der Waals surface area contributed by atoms with Gasteiger partial charge in [0.25, 0.3) is 0 Å². The first-order chi connectivity index (χ1) is 12.7. The monoisotopic (exact) mass is 343 g/mol. The number of nitrogens with zero attached hydrogens (tertiary/aromatic N) is 2. The van der Waals surface area contributed by atoms with E-state index in [-0.39, 0.29) is 11.8 Å². The Morgan fingerprint density at radius 1 is 0.808 bits per heavy atom. The molecule has 0 spiro atoms. The van der Waals surface area contributed by atoms with Gasteiger partial charge in [0.15, 0.2) is 0 Å². The summed E-state index contributed by atoms with van der Waals surface area (Å²) in [5.41, 5.74) is 3.47. The fourth-order valence-corrected chi connectivity index (χ4v) is 2.61. The lowest BCUT2D eigenvalue weighted by Gasteiger charge is -2.12. The molecule has 3 rings (SSSR count). The highest BCUT2D eigenvalue weighted by atomic mass is 16.1. The van der Waals surface area contributed by atoms with Crippen LogP contribution in [-0.2, 0) is 4.79 Å². The molecule has 4 nitrogen and oxygen atoms in total. The van der Waals surface area contributed by atoms with E-state index >= 15 is 0 Å². The van der Waals surface area contributed by atoms with Gasteiger partial charge in [0.2, 0.25) is 5.91 Å². The van der Waals surface area contributed by atoms with Crippen LogP contribution in [0.1, 0.15) is 24.8 Å². The highest BCUT2D eigenvalue weighted by Gasteiger charge is 2.11. The van der Waals surface area contributed by atoms with Crippen molar-refractivity contribution in [1.82, 2.24) is 0 Å². The smallest absolute Gasteiger partial charge is 0.224 e. The molecule has 130 valence electrons. The van der Waals surface area contributed by atoms with E-state index in [4.69, 9.17) is 0 Å². The Labute approximate surface area is 153 Å². The molecule has 0 radical (unpaired) electrons. The topological polar surface area (TPSA) is 53.8 Å². The van der Waals surface area contributed by atoms with Crippen molar-refractivity contribution in [3.05, 3.63) is 90.5 Å². The van der Waals surface area contributed by atoms with Gasteiger partial charge < -0.3 is 5.32 Å². The van der Waals surface area contributed by atoms with E-state index in [9.17, 15) is 4.79 Å². The second kappa shape index (κ2) is 8.72. The van der Waals surface area contributed by atoms with Crippen LogP contribution >= 0.6 is 0 Å². The molecule has 26 heavy (non-hydrogen) atoms. The van der Waals surface area contributed by atoms with Gasteiger partial charge >= 0.3 is 0 Å². The molecule has 3 aromatic carbocycles. The molecule has 4 heteroatoms. The number of hydrogen-bond acceptors (Lipinski definition) is 3. The molecule has 0 aliphatic carbocycles. The van der Waals surface area contributed by atoms with Crippen LogP contribution in [0, 0.1) is 0 Å². The van der Waals surface area contributed by atoms with Crippen molar-refractivity contribution in [3.8, 4) is 0 Å². The number of carbonyl (C=O) groups excluding carboxylic acids is 1. The maximum absolute atomic E-state index is 12.2. The molecule has 0 aliphatic rings. The van der Waals surface area contributed by atoms with Crippen LogP contribution in [0.2, 0.25) is 0 Å². The average Bonchev–Trinajstić information content (AvgIpc) is 2.69. The summed E-state index contributed by atoms with van der Waals surface area (Å²) >= 11 is 0. The molecule has 0 saturated heterocycles. The third kappa shape index (κ3) is 5.11. The maximum atomic E-state index is 12.2. The minimum atomic E-state index is 0.0000138. The highest BCUT2D eigenvalue weighted by molar-refractivity contribution is 5.91. The minimum Gasteiger partial charge on any atom is -0.326 e. The van der Waals surface area contributed by atoms with Crippen molar-refractivity contribution < 1.29 is 4.79 Å². The van der Waals surface area contributed by atoms with Gasteiger partial charge in [-0.2, -0.15) is 10.2 Å². The van der Waals surface area contributed by atoms with E-state index in [0.717, 1.165) is 17.1 Å². The third-order valence-electron chi connectivity index (χ3n) is 4.05. The van der Waals surface area contributed by atoms with E-state index < -0.39 is 0 Å². The summed E-state index contributed by atoms with van der Waals surface area (Å²) in [6, 6.07) is 27.0. The molecule has 1 atom stereocenters. The maximum Gasteiger partial charge on any atom is 0.224 e. The van der Waals surface area contributed by atoms with E-state index in [2.05, 4.69) is 22.5 Å². The first-order valence-electron chi connectivity index (χ1n) is 8.62. The molecule has 0 aliphatic heterocycles. The molecule has 0 bridgehead atoms. The number of benzene rings is 3. The molecule has 0 saturated carbocycles. The van der Waals surface area contributed by atoms with E-state index in [1.807, 2.05) is 84.9 Å². The number of amides is 1. The number of hydrogen-bond donors (Lipinski definition) is 1. The largest absolute Gasteiger partial charge is 0.326 e. The Balaban J connectivity index is 1.55. The Morgan fingerprint density at radius 3 is 1.96 bits per heavy atom. The Morgan fingerprint density at radius 2 is 1.35 bits per heavy atom. The fraction of sp³-hybridized carbons (Fsp3) is 0.136. The average molecular weight is 343 g/mol. The molecule has 0 heterocycles. The molecule has 0 fully saturated rings. The predicted molar refractivity (Wildman–Crippen MR) is 105 cm³/mol. The number of rotatable bonds is 6. The quantitative estimate of drug-likeness (QED) is 0.530. The normalized spacial score (nSPS) is 12.0. The number of anilines is 1. The standard InChI is InChI=1S/C22H21N3O/c1-17(18-8-4-2-5-9-18)16-22(26)23-19-12-14-21(15-13-19)25-24-20-10-6-3-7-11-20/h2-15,17H,16H2,1H3,(H,23,26)/t17-/m0/s1. The summed E-state index contributed by atoms with van der Waals surface area (Å²) < 4.78 is 0. The van der Waals surface area contributed by atoms with Crippen molar-refractivity contribution in [2.45, 2.75) is 19.3 Å². The van der Waals surface area contributed by atoms with E-state index in [0.29, 0.717) is 6.42 Å². The molecular weight excluding hydrogens is 322 g/mol. The van der Waals surface area contributed by atoms with Gasteiger partial charge in [-0.3, -0.25) is 4.79 Å². The zero-order valence-electron chi connectivity index (χ0n) is 14.7. The zero-order chi connectivity index (χ0) is 18.2.